The monoisotopic (exact) mass is 210 g/mol. The number of rotatable bonds is 6. The molecule has 3 nitrogen and oxygen atoms in total. The summed E-state index contributed by atoms with van der Waals surface area (Å²) in [5.41, 5.74) is -0.980. The lowest BCUT2D eigenvalue weighted by molar-refractivity contribution is 0.0221. The molecule has 2 unspecified atom stereocenters. The molecule has 0 rings (SSSR count). The first kappa shape index (κ1) is 13.7. The number of hydrogen-bond donors (Lipinski definition) is 2. The normalized spacial score (nSPS) is 18.6. The number of alkyl halides is 2. The molecular formula is C9H20F2N2O. The zero-order valence-corrected chi connectivity index (χ0v) is 9.22. The third-order valence-corrected chi connectivity index (χ3v) is 1.84. The van der Waals surface area contributed by atoms with Crippen LogP contribution in [0.4, 0.5) is 8.78 Å². The predicted octanol–water partition coefficient (Wildman–Crippen LogP) is 0.542. The molecule has 5 heteroatoms. The lowest BCUT2D eigenvalue weighted by atomic mass is 10.1. The van der Waals surface area contributed by atoms with Gasteiger partial charge in [-0.15, -0.1) is 0 Å². The van der Waals surface area contributed by atoms with Crippen LogP contribution in [0.5, 0.6) is 0 Å². The fraction of sp³-hybridized carbons (Fsp3) is 1.00. The van der Waals surface area contributed by atoms with Gasteiger partial charge in [0, 0.05) is 13.1 Å². The molecule has 0 aromatic rings. The van der Waals surface area contributed by atoms with Crippen LogP contribution in [0.1, 0.15) is 13.8 Å². The maximum atomic E-state index is 12.1. The first-order valence-electron chi connectivity index (χ1n) is 4.63. The maximum Gasteiger partial charge on any atom is 0.253 e. The van der Waals surface area contributed by atoms with Crippen LogP contribution in [0.3, 0.4) is 0 Å². The molecule has 0 aliphatic carbocycles. The summed E-state index contributed by atoms with van der Waals surface area (Å²) < 4.78 is 24.2. The van der Waals surface area contributed by atoms with Crippen molar-refractivity contribution in [2.24, 2.45) is 0 Å². The average Bonchev–Trinajstić information content (AvgIpc) is 1.97. The smallest absolute Gasteiger partial charge is 0.253 e. The van der Waals surface area contributed by atoms with Crippen molar-refractivity contribution in [3.05, 3.63) is 0 Å². The van der Waals surface area contributed by atoms with Gasteiger partial charge in [-0.25, -0.2) is 8.78 Å². The van der Waals surface area contributed by atoms with Gasteiger partial charge in [0.1, 0.15) is 0 Å². The zero-order chi connectivity index (χ0) is 11.4. The Kier molecular flexibility index (Phi) is 5.48. The molecule has 14 heavy (non-hydrogen) atoms. The quantitative estimate of drug-likeness (QED) is 0.672. The number of halogens is 2. The Balaban J connectivity index is 3.86. The van der Waals surface area contributed by atoms with Gasteiger partial charge < -0.3 is 15.3 Å². The Morgan fingerprint density at radius 2 is 1.93 bits per heavy atom. The number of hydrogen-bond acceptors (Lipinski definition) is 3. The van der Waals surface area contributed by atoms with Crippen LogP contribution in [-0.4, -0.2) is 55.3 Å². The summed E-state index contributed by atoms with van der Waals surface area (Å²) in [4.78, 5) is 1.81. The minimum Gasteiger partial charge on any atom is -0.388 e. The van der Waals surface area contributed by atoms with Crippen molar-refractivity contribution in [2.45, 2.75) is 31.9 Å². The van der Waals surface area contributed by atoms with E-state index < -0.39 is 18.1 Å². The first-order valence-corrected chi connectivity index (χ1v) is 4.63. The molecule has 0 saturated carbocycles. The molecular weight excluding hydrogens is 190 g/mol. The van der Waals surface area contributed by atoms with Crippen molar-refractivity contribution in [3.8, 4) is 0 Å². The van der Waals surface area contributed by atoms with Crippen LogP contribution in [0.25, 0.3) is 0 Å². The van der Waals surface area contributed by atoms with Crippen LogP contribution in [0.2, 0.25) is 0 Å². The minimum atomic E-state index is -2.40. The van der Waals surface area contributed by atoms with Crippen LogP contribution in [0, 0.1) is 0 Å². The summed E-state index contributed by atoms with van der Waals surface area (Å²) in [5, 5.41) is 12.4. The van der Waals surface area contributed by atoms with Gasteiger partial charge in [-0.2, -0.15) is 0 Å². The number of likely N-dealkylation sites (N-methyl/N-ethyl adjacent to an activating group) is 1. The minimum absolute atomic E-state index is 0.163. The Hall–Kier alpha value is -0.260. The second-order valence-corrected chi connectivity index (χ2v) is 4.24. The van der Waals surface area contributed by atoms with Gasteiger partial charge in [-0.1, -0.05) is 0 Å². The molecule has 0 amide bonds. The summed E-state index contributed by atoms with van der Waals surface area (Å²) in [6.07, 6.45) is -2.40. The molecule has 0 heterocycles. The highest BCUT2D eigenvalue weighted by molar-refractivity contribution is 4.80. The largest absolute Gasteiger partial charge is 0.388 e. The van der Waals surface area contributed by atoms with Gasteiger partial charge in [0.2, 0.25) is 0 Å². The second kappa shape index (κ2) is 5.58. The molecule has 0 spiro atoms. The van der Waals surface area contributed by atoms with Gasteiger partial charge in [-0.3, -0.25) is 0 Å². The SMILES string of the molecule is CC(NCC(C)(O)CN(C)C)C(F)F. The van der Waals surface area contributed by atoms with Crippen molar-refractivity contribution >= 4 is 0 Å². The highest BCUT2D eigenvalue weighted by Crippen LogP contribution is 2.05. The molecule has 0 aliphatic rings. The van der Waals surface area contributed by atoms with Crippen LogP contribution in [-0.2, 0) is 0 Å². The van der Waals surface area contributed by atoms with Crippen molar-refractivity contribution in [3.63, 3.8) is 0 Å². The molecule has 0 saturated heterocycles. The van der Waals surface area contributed by atoms with Gasteiger partial charge in [-0.05, 0) is 27.9 Å². The lowest BCUT2D eigenvalue weighted by Crippen LogP contribution is -2.49. The number of aliphatic hydroxyl groups is 1. The van der Waals surface area contributed by atoms with Gasteiger partial charge in [0.05, 0.1) is 11.6 Å². The first-order chi connectivity index (χ1) is 6.24. The fourth-order valence-corrected chi connectivity index (χ4v) is 1.21. The topological polar surface area (TPSA) is 35.5 Å². The maximum absolute atomic E-state index is 12.1. The summed E-state index contributed by atoms with van der Waals surface area (Å²) in [6.45, 7) is 3.63. The molecule has 0 aromatic heterocycles. The lowest BCUT2D eigenvalue weighted by Gasteiger charge is -2.28. The third kappa shape index (κ3) is 6.23. The molecule has 0 aromatic carbocycles. The Bertz CT molecular complexity index is 163. The predicted molar refractivity (Wildman–Crippen MR) is 52.6 cm³/mol. The van der Waals surface area contributed by atoms with E-state index in [4.69, 9.17) is 0 Å². The van der Waals surface area contributed by atoms with Crippen molar-refractivity contribution in [1.29, 1.82) is 0 Å². The third-order valence-electron chi connectivity index (χ3n) is 1.84. The Labute approximate surface area is 84.1 Å². The molecule has 2 atom stereocenters. The van der Waals surface area contributed by atoms with Crippen molar-refractivity contribution in [1.82, 2.24) is 10.2 Å². The van der Waals surface area contributed by atoms with E-state index in [-0.39, 0.29) is 6.54 Å². The molecule has 0 bridgehead atoms. The van der Waals surface area contributed by atoms with Crippen molar-refractivity contribution < 1.29 is 13.9 Å². The summed E-state index contributed by atoms with van der Waals surface area (Å²) in [5.74, 6) is 0. The number of nitrogens with one attached hydrogen (secondary N) is 1. The van der Waals surface area contributed by atoms with E-state index in [2.05, 4.69) is 5.32 Å². The molecule has 86 valence electrons. The van der Waals surface area contributed by atoms with E-state index >= 15 is 0 Å². The van der Waals surface area contributed by atoms with E-state index in [0.29, 0.717) is 6.54 Å². The van der Waals surface area contributed by atoms with Crippen LogP contribution in [0.15, 0.2) is 0 Å². The summed E-state index contributed by atoms with van der Waals surface area (Å²) in [7, 11) is 3.65. The van der Waals surface area contributed by atoms with Gasteiger partial charge in [0.25, 0.3) is 6.43 Å². The standard InChI is InChI=1S/C9H20F2N2O/c1-7(8(10)11)12-5-9(2,14)6-13(3)4/h7-8,12,14H,5-6H2,1-4H3. The highest BCUT2D eigenvalue weighted by Gasteiger charge is 2.23. The average molecular weight is 210 g/mol. The second-order valence-electron chi connectivity index (χ2n) is 4.24. The molecule has 0 aliphatic heterocycles. The van der Waals surface area contributed by atoms with E-state index in [9.17, 15) is 13.9 Å². The van der Waals surface area contributed by atoms with E-state index in [1.54, 1.807) is 6.92 Å². The van der Waals surface area contributed by atoms with E-state index in [1.807, 2.05) is 19.0 Å². The summed E-state index contributed by atoms with van der Waals surface area (Å²) >= 11 is 0. The van der Waals surface area contributed by atoms with Gasteiger partial charge >= 0.3 is 0 Å². The fourth-order valence-electron chi connectivity index (χ4n) is 1.21. The van der Waals surface area contributed by atoms with Crippen LogP contribution < -0.4 is 5.32 Å². The Morgan fingerprint density at radius 1 is 1.43 bits per heavy atom. The highest BCUT2D eigenvalue weighted by atomic mass is 19.3. The van der Waals surface area contributed by atoms with Crippen LogP contribution >= 0.6 is 0 Å². The van der Waals surface area contributed by atoms with Gasteiger partial charge in [0.15, 0.2) is 0 Å². The molecule has 2 N–H and O–H groups in total. The zero-order valence-electron chi connectivity index (χ0n) is 9.22. The summed E-state index contributed by atoms with van der Waals surface area (Å²) in [6, 6.07) is -0.886. The van der Waals surface area contributed by atoms with E-state index in [1.165, 1.54) is 6.92 Å². The number of nitrogens with zero attached hydrogens (tertiary/aromatic N) is 1. The van der Waals surface area contributed by atoms with Crippen molar-refractivity contribution in [2.75, 3.05) is 27.2 Å². The molecule has 0 fully saturated rings. The van der Waals surface area contributed by atoms with E-state index in [0.717, 1.165) is 0 Å². The Morgan fingerprint density at radius 3 is 2.29 bits per heavy atom. The molecule has 0 radical (unpaired) electrons.